The summed E-state index contributed by atoms with van der Waals surface area (Å²) in [4.78, 5) is 7.63. The van der Waals surface area contributed by atoms with E-state index >= 15 is 0 Å². The standard InChI is InChI=1S/C12H11F2N3/c1-8(9-3-2-4-15-6-9)17-12-11(14)5-10(13)7-16-12/h2-8H,1H3,(H,16,17). The minimum atomic E-state index is -0.708. The van der Waals surface area contributed by atoms with E-state index in [9.17, 15) is 8.78 Å². The highest BCUT2D eigenvalue weighted by atomic mass is 19.1. The molecule has 0 aliphatic carbocycles. The molecule has 0 saturated carbocycles. The zero-order valence-electron chi connectivity index (χ0n) is 9.19. The number of aromatic nitrogens is 2. The number of rotatable bonds is 3. The number of anilines is 1. The van der Waals surface area contributed by atoms with Crippen LogP contribution in [0.15, 0.2) is 36.8 Å². The van der Waals surface area contributed by atoms with E-state index in [1.54, 1.807) is 18.5 Å². The fourth-order valence-corrected chi connectivity index (χ4v) is 1.44. The van der Waals surface area contributed by atoms with Crippen LogP contribution in [0.5, 0.6) is 0 Å². The van der Waals surface area contributed by atoms with Gasteiger partial charge in [-0.1, -0.05) is 6.07 Å². The average Bonchev–Trinajstić information content (AvgIpc) is 2.34. The Labute approximate surface area is 97.5 Å². The van der Waals surface area contributed by atoms with E-state index < -0.39 is 11.6 Å². The number of hydrogen-bond acceptors (Lipinski definition) is 3. The lowest BCUT2D eigenvalue weighted by molar-refractivity contribution is 0.574. The fraction of sp³-hybridized carbons (Fsp3) is 0.167. The van der Waals surface area contributed by atoms with E-state index in [0.717, 1.165) is 17.8 Å². The van der Waals surface area contributed by atoms with E-state index in [1.165, 1.54) is 0 Å². The van der Waals surface area contributed by atoms with Crippen LogP contribution in [0.4, 0.5) is 14.6 Å². The van der Waals surface area contributed by atoms with Crippen LogP contribution in [0.25, 0.3) is 0 Å². The SMILES string of the molecule is CC(Nc1ncc(F)cc1F)c1cccnc1. The lowest BCUT2D eigenvalue weighted by atomic mass is 10.1. The highest BCUT2D eigenvalue weighted by Gasteiger charge is 2.10. The molecule has 0 aliphatic heterocycles. The Kier molecular flexibility index (Phi) is 3.27. The molecule has 0 aliphatic rings. The molecule has 1 unspecified atom stereocenters. The monoisotopic (exact) mass is 235 g/mol. The summed E-state index contributed by atoms with van der Waals surface area (Å²) in [6.07, 6.45) is 4.31. The van der Waals surface area contributed by atoms with E-state index in [1.807, 2.05) is 13.0 Å². The molecule has 0 radical (unpaired) electrons. The summed E-state index contributed by atoms with van der Waals surface area (Å²) in [5.74, 6) is -1.37. The van der Waals surface area contributed by atoms with Gasteiger partial charge < -0.3 is 5.32 Å². The van der Waals surface area contributed by atoms with Crippen molar-refractivity contribution in [2.45, 2.75) is 13.0 Å². The van der Waals surface area contributed by atoms with E-state index in [4.69, 9.17) is 0 Å². The maximum Gasteiger partial charge on any atom is 0.168 e. The van der Waals surface area contributed by atoms with Gasteiger partial charge in [0.1, 0.15) is 5.82 Å². The number of hydrogen-bond donors (Lipinski definition) is 1. The highest BCUT2D eigenvalue weighted by molar-refractivity contribution is 5.38. The first kappa shape index (κ1) is 11.4. The molecule has 0 spiro atoms. The minimum absolute atomic E-state index is 0.0303. The predicted octanol–water partition coefficient (Wildman–Crippen LogP) is 2.93. The van der Waals surface area contributed by atoms with E-state index in [2.05, 4.69) is 15.3 Å². The highest BCUT2D eigenvalue weighted by Crippen LogP contribution is 2.19. The molecule has 2 heterocycles. The van der Waals surface area contributed by atoms with Gasteiger partial charge in [0.25, 0.3) is 0 Å². The first-order valence-electron chi connectivity index (χ1n) is 5.14. The third-order valence-corrected chi connectivity index (χ3v) is 2.35. The molecule has 88 valence electrons. The average molecular weight is 235 g/mol. The molecule has 2 aromatic rings. The Hall–Kier alpha value is -2.04. The molecule has 2 aromatic heterocycles. The van der Waals surface area contributed by atoms with Crippen LogP contribution in [0, 0.1) is 11.6 Å². The maximum atomic E-state index is 13.3. The van der Waals surface area contributed by atoms with Gasteiger partial charge in [-0.3, -0.25) is 4.98 Å². The van der Waals surface area contributed by atoms with Crippen LogP contribution in [-0.4, -0.2) is 9.97 Å². The van der Waals surface area contributed by atoms with Crippen LogP contribution in [0.1, 0.15) is 18.5 Å². The normalized spacial score (nSPS) is 12.2. The Morgan fingerprint density at radius 1 is 1.29 bits per heavy atom. The Bertz CT molecular complexity index is 502. The quantitative estimate of drug-likeness (QED) is 0.888. The zero-order valence-corrected chi connectivity index (χ0v) is 9.19. The first-order chi connectivity index (χ1) is 8.16. The Morgan fingerprint density at radius 2 is 2.12 bits per heavy atom. The molecule has 17 heavy (non-hydrogen) atoms. The zero-order chi connectivity index (χ0) is 12.3. The largest absolute Gasteiger partial charge is 0.361 e. The second kappa shape index (κ2) is 4.86. The number of nitrogens with zero attached hydrogens (tertiary/aromatic N) is 2. The second-order valence-corrected chi connectivity index (χ2v) is 3.64. The van der Waals surface area contributed by atoms with Gasteiger partial charge in [0.2, 0.25) is 0 Å². The van der Waals surface area contributed by atoms with Gasteiger partial charge in [-0.05, 0) is 18.6 Å². The smallest absolute Gasteiger partial charge is 0.168 e. The first-order valence-corrected chi connectivity index (χ1v) is 5.14. The van der Waals surface area contributed by atoms with E-state index in [0.29, 0.717) is 0 Å². The van der Waals surface area contributed by atoms with Gasteiger partial charge in [-0.2, -0.15) is 0 Å². The molecular formula is C12H11F2N3. The Balaban J connectivity index is 2.16. The summed E-state index contributed by atoms with van der Waals surface area (Å²) in [6, 6.07) is 4.30. The van der Waals surface area contributed by atoms with Crippen molar-refractivity contribution in [3.63, 3.8) is 0 Å². The van der Waals surface area contributed by atoms with Crippen molar-refractivity contribution in [2.75, 3.05) is 5.32 Å². The molecule has 3 nitrogen and oxygen atoms in total. The molecule has 1 atom stereocenters. The van der Waals surface area contributed by atoms with Crippen molar-refractivity contribution in [1.29, 1.82) is 0 Å². The van der Waals surface area contributed by atoms with Crippen LogP contribution >= 0.6 is 0 Å². The Morgan fingerprint density at radius 3 is 2.76 bits per heavy atom. The maximum absolute atomic E-state index is 13.3. The van der Waals surface area contributed by atoms with Crippen molar-refractivity contribution in [2.24, 2.45) is 0 Å². The van der Waals surface area contributed by atoms with Crippen LogP contribution in [-0.2, 0) is 0 Å². The van der Waals surface area contributed by atoms with Gasteiger partial charge in [0.15, 0.2) is 11.6 Å². The lowest BCUT2D eigenvalue weighted by Crippen LogP contribution is -2.09. The van der Waals surface area contributed by atoms with Crippen molar-refractivity contribution < 1.29 is 8.78 Å². The van der Waals surface area contributed by atoms with Crippen molar-refractivity contribution in [3.8, 4) is 0 Å². The number of halogens is 2. The van der Waals surface area contributed by atoms with Crippen LogP contribution in [0.2, 0.25) is 0 Å². The summed E-state index contributed by atoms with van der Waals surface area (Å²) in [5, 5.41) is 2.86. The van der Waals surface area contributed by atoms with Crippen LogP contribution < -0.4 is 5.32 Å². The molecule has 0 bridgehead atoms. The summed E-state index contributed by atoms with van der Waals surface area (Å²) in [6.45, 7) is 1.85. The van der Waals surface area contributed by atoms with Gasteiger partial charge >= 0.3 is 0 Å². The third kappa shape index (κ3) is 2.75. The second-order valence-electron chi connectivity index (χ2n) is 3.64. The molecule has 0 fully saturated rings. The third-order valence-electron chi connectivity index (χ3n) is 2.35. The molecule has 0 aromatic carbocycles. The van der Waals surface area contributed by atoms with Gasteiger partial charge in [0, 0.05) is 18.5 Å². The summed E-state index contributed by atoms with van der Waals surface area (Å²) >= 11 is 0. The van der Waals surface area contributed by atoms with Crippen molar-refractivity contribution in [3.05, 3.63) is 54.0 Å². The lowest BCUT2D eigenvalue weighted by Gasteiger charge is -2.14. The molecule has 0 saturated heterocycles. The van der Waals surface area contributed by atoms with Gasteiger partial charge in [-0.15, -0.1) is 0 Å². The molecular weight excluding hydrogens is 224 g/mol. The van der Waals surface area contributed by atoms with Gasteiger partial charge in [0.05, 0.1) is 12.2 Å². The van der Waals surface area contributed by atoms with Crippen LogP contribution in [0.3, 0.4) is 0 Å². The topological polar surface area (TPSA) is 37.8 Å². The minimum Gasteiger partial charge on any atom is -0.361 e. The summed E-state index contributed by atoms with van der Waals surface area (Å²) in [7, 11) is 0. The molecule has 2 rings (SSSR count). The molecule has 1 N–H and O–H groups in total. The number of nitrogens with one attached hydrogen (secondary N) is 1. The van der Waals surface area contributed by atoms with Gasteiger partial charge in [-0.25, -0.2) is 13.8 Å². The van der Waals surface area contributed by atoms with E-state index in [-0.39, 0.29) is 11.9 Å². The molecule has 0 amide bonds. The van der Waals surface area contributed by atoms with Crippen molar-refractivity contribution >= 4 is 5.82 Å². The summed E-state index contributed by atoms with van der Waals surface area (Å²) < 4.78 is 26.0. The predicted molar refractivity (Wildman–Crippen MR) is 60.4 cm³/mol. The fourth-order valence-electron chi connectivity index (χ4n) is 1.44. The van der Waals surface area contributed by atoms with Crippen molar-refractivity contribution in [1.82, 2.24) is 9.97 Å². The summed E-state index contributed by atoms with van der Waals surface area (Å²) in [5.41, 5.74) is 0.901. The molecule has 5 heteroatoms. The number of pyridine rings is 2.